The molecule has 0 bridgehead atoms. The molecular weight excluding hydrogens is 392 g/mol. The molecule has 1 aromatic carbocycles. The van der Waals surface area contributed by atoms with Crippen molar-refractivity contribution in [2.75, 3.05) is 50.8 Å². The van der Waals surface area contributed by atoms with Crippen molar-refractivity contribution >= 4 is 11.7 Å². The van der Waals surface area contributed by atoms with Crippen molar-refractivity contribution in [3.05, 3.63) is 48.2 Å². The van der Waals surface area contributed by atoms with Crippen LogP contribution in [0.25, 0.3) is 0 Å². The third-order valence-electron chi connectivity index (χ3n) is 5.83. The van der Waals surface area contributed by atoms with E-state index in [0.717, 1.165) is 55.5 Å². The molecule has 31 heavy (non-hydrogen) atoms. The summed E-state index contributed by atoms with van der Waals surface area (Å²) in [6, 6.07) is 11.9. The fourth-order valence-corrected chi connectivity index (χ4v) is 4.11. The van der Waals surface area contributed by atoms with E-state index >= 15 is 0 Å². The minimum atomic E-state index is -0.0699. The first-order valence-electron chi connectivity index (χ1n) is 11.2. The number of piperazine rings is 1. The highest BCUT2D eigenvalue weighted by atomic mass is 16.5. The van der Waals surface area contributed by atoms with Gasteiger partial charge in [0.2, 0.25) is 5.91 Å². The van der Waals surface area contributed by atoms with Gasteiger partial charge in [0.15, 0.2) is 11.5 Å². The number of carbonyl (C=O) groups excluding carboxylic acids is 1. The molecule has 7 heteroatoms. The highest BCUT2D eigenvalue weighted by Gasteiger charge is 2.24. The van der Waals surface area contributed by atoms with Crippen LogP contribution in [0.15, 0.2) is 42.6 Å². The lowest BCUT2D eigenvalue weighted by molar-refractivity contribution is -0.123. The van der Waals surface area contributed by atoms with E-state index in [4.69, 9.17) is 9.47 Å². The lowest BCUT2D eigenvalue weighted by Crippen LogP contribution is -2.50. The summed E-state index contributed by atoms with van der Waals surface area (Å²) >= 11 is 0. The molecule has 0 saturated carbocycles. The Morgan fingerprint density at radius 1 is 1.06 bits per heavy atom. The van der Waals surface area contributed by atoms with Crippen molar-refractivity contribution in [3.63, 3.8) is 0 Å². The molecule has 1 atom stereocenters. The number of pyridine rings is 1. The van der Waals surface area contributed by atoms with Gasteiger partial charge in [-0.15, -0.1) is 0 Å². The average molecular weight is 425 g/mol. The van der Waals surface area contributed by atoms with Gasteiger partial charge in [-0.05, 0) is 35.7 Å². The Labute approximate surface area is 184 Å². The van der Waals surface area contributed by atoms with E-state index in [9.17, 15) is 4.79 Å². The van der Waals surface area contributed by atoms with Crippen LogP contribution in [0.2, 0.25) is 0 Å². The molecule has 166 valence electrons. The first-order chi connectivity index (χ1) is 15.1. The maximum Gasteiger partial charge on any atom is 0.234 e. The predicted octanol–water partition coefficient (Wildman–Crippen LogP) is 2.88. The van der Waals surface area contributed by atoms with Gasteiger partial charge in [0.1, 0.15) is 5.82 Å². The Balaban J connectivity index is 1.34. The monoisotopic (exact) mass is 424 g/mol. The zero-order chi connectivity index (χ0) is 21.6. The zero-order valence-corrected chi connectivity index (χ0v) is 18.4. The molecular formula is C24H32N4O3. The van der Waals surface area contributed by atoms with Crippen LogP contribution in [-0.4, -0.2) is 61.7 Å². The lowest BCUT2D eigenvalue weighted by atomic mass is 9.95. The summed E-state index contributed by atoms with van der Waals surface area (Å²) in [7, 11) is 0. The molecule has 2 aliphatic heterocycles. The number of benzene rings is 1. The van der Waals surface area contributed by atoms with E-state index in [1.807, 2.05) is 42.6 Å². The normalized spacial score (nSPS) is 17.8. The minimum Gasteiger partial charge on any atom is -0.490 e. The summed E-state index contributed by atoms with van der Waals surface area (Å²) in [5.74, 6) is 2.86. The van der Waals surface area contributed by atoms with Crippen LogP contribution < -0.4 is 19.7 Å². The number of carbonyl (C=O) groups is 1. The van der Waals surface area contributed by atoms with Crippen LogP contribution in [0.5, 0.6) is 11.5 Å². The fraction of sp³-hybridized carbons (Fsp3) is 0.500. The van der Waals surface area contributed by atoms with E-state index in [1.165, 1.54) is 0 Å². The van der Waals surface area contributed by atoms with Crippen LogP contribution in [-0.2, 0) is 4.79 Å². The van der Waals surface area contributed by atoms with Crippen molar-refractivity contribution in [2.24, 2.45) is 5.92 Å². The van der Waals surface area contributed by atoms with Gasteiger partial charge in [-0.2, -0.15) is 0 Å². The number of nitrogens with zero attached hydrogens (tertiary/aromatic N) is 3. The van der Waals surface area contributed by atoms with Gasteiger partial charge in [0.25, 0.3) is 0 Å². The van der Waals surface area contributed by atoms with Gasteiger partial charge in [0.05, 0.1) is 25.8 Å². The number of anilines is 1. The van der Waals surface area contributed by atoms with Crippen LogP contribution in [0.1, 0.15) is 31.9 Å². The van der Waals surface area contributed by atoms with Crippen LogP contribution >= 0.6 is 0 Å². The first kappa shape index (κ1) is 21.4. The molecule has 1 amide bonds. The van der Waals surface area contributed by atoms with Gasteiger partial charge in [0, 0.05) is 38.8 Å². The van der Waals surface area contributed by atoms with Gasteiger partial charge in [-0.1, -0.05) is 26.0 Å². The van der Waals surface area contributed by atoms with Crippen molar-refractivity contribution in [1.29, 1.82) is 0 Å². The van der Waals surface area contributed by atoms with E-state index < -0.39 is 0 Å². The Kier molecular flexibility index (Phi) is 6.92. The summed E-state index contributed by atoms with van der Waals surface area (Å²) in [5, 5.41) is 3.24. The van der Waals surface area contributed by atoms with Gasteiger partial charge < -0.3 is 19.7 Å². The van der Waals surface area contributed by atoms with Crippen molar-refractivity contribution in [3.8, 4) is 11.5 Å². The molecule has 0 spiro atoms. The number of hydrogen-bond donors (Lipinski definition) is 1. The molecule has 0 radical (unpaired) electrons. The van der Waals surface area contributed by atoms with Gasteiger partial charge >= 0.3 is 0 Å². The molecule has 2 aliphatic rings. The van der Waals surface area contributed by atoms with Crippen LogP contribution in [0.4, 0.5) is 5.82 Å². The average Bonchev–Trinajstić information content (AvgIpc) is 3.03. The first-order valence-corrected chi connectivity index (χ1v) is 11.2. The van der Waals surface area contributed by atoms with Gasteiger partial charge in [-0.3, -0.25) is 9.69 Å². The van der Waals surface area contributed by atoms with Crippen molar-refractivity contribution in [2.45, 2.75) is 26.3 Å². The fourth-order valence-electron chi connectivity index (χ4n) is 4.11. The lowest BCUT2D eigenvalue weighted by Gasteiger charge is -2.35. The third kappa shape index (κ3) is 5.47. The van der Waals surface area contributed by atoms with Crippen molar-refractivity contribution in [1.82, 2.24) is 15.2 Å². The topological polar surface area (TPSA) is 66.9 Å². The molecule has 0 aliphatic carbocycles. The number of hydrogen-bond acceptors (Lipinski definition) is 6. The summed E-state index contributed by atoms with van der Waals surface area (Å²) in [5.41, 5.74) is 1.05. The molecule has 1 saturated heterocycles. The molecule has 1 N–H and O–H groups in total. The highest BCUT2D eigenvalue weighted by molar-refractivity contribution is 5.78. The minimum absolute atomic E-state index is 0.0529. The number of aromatic nitrogens is 1. The van der Waals surface area contributed by atoms with E-state index in [0.29, 0.717) is 19.8 Å². The van der Waals surface area contributed by atoms with Gasteiger partial charge in [-0.25, -0.2) is 4.98 Å². The third-order valence-corrected chi connectivity index (χ3v) is 5.83. The standard InChI is InChI=1S/C24H32N4O3/c1-18(2)24(19-7-8-20-21(16-19)31-15-5-14-30-20)26-23(29)17-27-10-12-28(13-11-27)22-6-3-4-9-25-22/h3-4,6-9,16,18,24H,5,10-15,17H2,1-2H3,(H,26,29)/t24-/m1/s1. The summed E-state index contributed by atoms with van der Waals surface area (Å²) in [6.07, 6.45) is 2.70. The second-order valence-corrected chi connectivity index (χ2v) is 8.50. The Hall–Kier alpha value is -2.80. The number of ether oxygens (including phenoxy) is 2. The molecule has 7 nitrogen and oxygen atoms in total. The number of rotatable bonds is 6. The molecule has 1 aromatic heterocycles. The van der Waals surface area contributed by atoms with E-state index in [2.05, 4.69) is 33.9 Å². The SMILES string of the molecule is CC(C)[C@@H](NC(=O)CN1CCN(c2ccccn2)CC1)c1ccc2c(c1)OCCCO2. The maximum absolute atomic E-state index is 12.9. The molecule has 0 unspecified atom stereocenters. The molecule has 4 rings (SSSR count). The Morgan fingerprint density at radius 3 is 2.55 bits per heavy atom. The van der Waals surface area contributed by atoms with E-state index in [1.54, 1.807) is 0 Å². The maximum atomic E-state index is 12.9. The molecule has 1 fully saturated rings. The number of fused-ring (bicyclic) bond motifs is 1. The summed E-state index contributed by atoms with van der Waals surface area (Å²) in [6.45, 7) is 9.42. The Morgan fingerprint density at radius 2 is 1.84 bits per heavy atom. The van der Waals surface area contributed by atoms with Crippen LogP contribution in [0, 0.1) is 5.92 Å². The quantitative estimate of drug-likeness (QED) is 0.769. The summed E-state index contributed by atoms with van der Waals surface area (Å²) < 4.78 is 11.6. The van der Waals surface area contributed by atoms with E-state index in [-0.39, 0.29) is 17.9 Å². The summed E-state index contributed by atoms with van der Waals surface area (Å²) in [4.78, 5) is 21.8. The predicted molar refractivity (Wildman–Crippen MR) is 121 cm³/mol. The van der Waals surface area contributed by atoms with Crippen LogP contribution in [0.3, 0.4) is 0 Å². The molecule has 3 heterocycles. The number of amides is 1. The largest absolute Gasteiger partial charge is 0.490 e. The Bertz CT molecular complexity index is 866. The smallest absolute Gasteiger partial charge is 0.234 e. The van der Waals surface area contributed by atoms with Crippen molar-refractivity contribution < 1.29 is 14.3 Å². The highest BCUT2D eigenvalue weighted by Crippen LogP contribution is 2.34. The second-order valence-electron chi connectivity index (χ2n) is 8.50. The second kappa shape index (κ2) is 10.0. The zero-order valence-electron chi connectivity index (χ0n) is 18.4. The molecule has 2 aromatic rings. The number of nitrogens with one attached hydrogen (secondary N) is 1.